The van der Waals surface area contributed by atoms with Gasteiger partial charge < -0.3 is 10.2 Å². The first-order chi connectivity index (χ1) is 19.8. The van der Waals surface area contributed by atoms with Crippen molar-refractivity contribution in [3.8, 4) is 17.1 Å². The lowest BCUT2D eigenvalue weighted by molar-refractivity contribution is -0.122. The molecule has 1 aliphatic heterocycles. The van der Waals surface area contributed by atoms with Crippen molar-refractivity contribution in [3.63, 3.8) is 0 Å². The molecule has 1 N–H and O–H groups in total. The number of amides is 1. The number of hydrogen-bond acceptors (Lipinski definition) is 5. The van der Waals surface area contributed by atoms with Crippen LogP contribution in [0.15, 0.2) is 79.1 Å². The molecular weight excluding hydrogens is 562 g/mol. The average Bonchev–Trinajstić information content (AvgIpc) is 3.35. The third-order valence-electron chi connectivity index (χ3n) is 7.51. The van der Waals surface area contributed by atoms with Crippen molar-refractivity contribution >= 4 is 46.1 Å². The Labute approximate surface area is 247 Å². The predicted molar refractivity (Wildman–Crippen MR) is 160 cm³/mol. The number of imidazole rings is 1. The molecule has 0 unspecified atom stereocenters. The molecule has 1 amide bonds. The number of benzene rings is 3. The molecule has 1 fully saturated rings. The molecule has 0 bridgehead atoms. The van der Waals surface area contributed by atoms with Gasteiger partial charge in [0.15, 0.2) is 17.0 Å². The Morgan fingerprint density at radius 3 is 2.39 bits per heavy atom. The number of rotatable bonds is 6. The second-order valence-corrected chi connectivity index (χ2v) is 11.3. The normalized spacial score (nSPS) is 14.8. The second kappa shape index (κ2) is 11.1. The summed E-state index contributed by atoms with van der Waals surface area (Å²) in [5.41, 5.74) is 3.37. The van der Waals surface area contributed by atoms with Crippen molar-refractivity contribution in [1.82, 2.24) is 24.8 Å². The molecule has 10 heteroatoms. The maximum Gasteiger partial charge on any atom is 0.224 e. The zero-order valence-corrected chi connectivity index (χ0v) is 23.8. The van der Waals surface area contributed by atoms with E-state index in [1.54, 1.807) is 18.5 Å². The fourth-order valence-electron chi connectivity index (χ4n) is 5.28. The highest BCUT2D eigenvalue weighted by Gasteiger charge is 2.33. The number of hydrogen-bond donors (Lipinski definition) is 1. The van der Waals surface area contributed by atoms with Gasteiger partial charge in [-0.25, -0.2) is 19.3 Å². The minimum Gasteiger partial charge on any atom is -0.354 e. The number of nitrogens with zero attached hydrogens (tertiary/aromatic N) is 5. The van der Waals surface area contributed by atoms with E-state index in [-0.39, 0.29) is 23.7 Å². The number of anilines is 1. The Balaban J connectivity index is 1.28. The summed E-state index contributed by atoms with van der Waals surface area (Å²) >= 11 is 12.8. The maximum atomic E-state index is 13.2. The van der Waals surface area contributed by atoms with Crippen molar-refractivity contribution in [2.45, 2.75) is 31.7 Å². The summed E-state index contributed by atoms with van der Waals surface area (Å²) in [6.07, 6.45) is 3.21. The topological polar surface area (TPSA) is 75.9 Å². The van der Waals surface area contributed by atoms with E-state index < -0.39 is 0 Å². The number of piperidine rings is 1. The van der Waals surface area contributed by atoms with E-state index in [1.807, 2.05) is 53.1 Å². The van der Waals surface area contributed by atoms with Crippen LogP contribution in [0.25, 0.3) is 28.2 Å². The van der Waals surface area contributed by atoms with E-state index in [0.29, 0.717) is 40.1 Å². The number of fused-ring (bicyclic) bond motifs is 1. The van der Waals surface area contributed by atoms with Crippen LogP contribution in [0.2, 0.25) is 10.0 Å². The Hall–Kier alpha value is -4.01. The SMILES string of the molecule is CC1(NC(=O)Cc2ccc(F)cc2)CCN(c2ncnc3c2nc(-c2ccccc2Cl)n3-c2ccc(Cl)cc2)CC1. The van der Waals surface area contributed by atoms with Crippen molar-refractivity contribution in [1.29, 1.82) is 0 Å². The molecule has 1 saturated heterocycles. The fourth-order valence-corrected chi connectivity index (χ4v) is 5.62. The van der Waals surface area contributed by atoms with Gasteiger partial charge in [0.2, 0.25) is 5.91 Å². The molecule has 5 aromatic rings. The summed E-state index contributed by atoms with van der Waals surface area (Å²) < 4.78 is 15.2. The first-order valence-electron chi connectivity index (χ1n) is 13.3. The van der Waals surface area contributed by atoms with Crippen LogP contribution >= 0.6 is 23.2 Å². The number of halogens is 3. The summed E-state index contributed by atoms with van der Waals surface area (Å²) in [6.45, 7) is 3.41. The molecule has 7 nitrogen and oxygen atoms in total. The number of aromatic nitrogens is 4. The highest BCUT2D eigenvalue weighted by Crippen LogP contribution is 2.36. The Kier molecular flexibility index (Phi) is 7.36. The van der Waals surface area contributed by atoms with E-state index in [0.717, 1.165) is 35.5 Å². The molecule has 0 aliphatic carbocycles. The van der Waals surface area contributed by atoms with Gasteiger partial charge in [-0.2, -0.15) is 0 Å². The second-order valence-electron chi connectivity index (χ2n) is 10.5. The van der Waals surface area contributed by atoms with Crippen LogP contribution in [0, 0.1) is 5.82 Å². The van der Waals surface area contributed by atoms with Crippen molar-refractivity contribution in [3.05, 3.63) is 101 Å². The summed E-state index contributed by atoms with van der Waals surface area (Å²) in [7, 11) is 0. The van der Waals surface area contributed by atoms with Crippen molar-refractivity contribution < 1.29 is 9.18 Å². The molecule has 3 aromatic carbocycles. The highest BCUT2D eigenvalue weighted by molar-refractivity contribution is 6.33. The molecule has 41 heavy (non-hydrogen) atoms. The van der Waals surface area contributed by atoms with Gasteiger partial charge in [-0.1, -0.05) is 47.5 Å². The predicted octanol–water partition coefficient (Wildman–Crippen LogP) is 6.65. The lowest BCUT2D eigenvalue weighted by Crippen LogP contribution is -2.54. The van der Waals surface area contributed by atoms with E-state index in [2.05, 4.69) is 27.1 Å². The molecule has 6 rings (SSSR count). The van der Waals surface area contributed by atoms with Gasteiger partial charge in [-0.05, 0) is 73.9 Å². The standard InChI is InChI=1S/C31H27Cl2FN6O/c1-31(38-26(41)18-20-6-10-22(34)11-7-20)14-16-39(17-15-31)29-27-30(36-19-35-29)40(23-12-8-21(32)9-13-23)28(37-27)24-4-2-3-5-25(24)33/h2-13,19H,14-18H2,1H3,(H,38,41). The van der Waals surface area contributed by atoms with Gasteiger partial charge >= 0.3 is 0 Å². The van der Waals surface area contributed by atoms with Crippen LogP contribution in [0.3, 0.4) is 0 Å². The summed E-state index contributed by atoms with van der Waals surface area (Å²) in [4.78, 5) is 29.3. The summed E-state index contributed by atoms with van der Waals surface area (Å²) in [5.74, 6) is 0.993. The third-order valence-corrected chi connectivity index (χ3v) is 8.09. The van der Waals surface area contributed by atoms with Crippen LogP contribution in [-0.2, 0) is 11.2 Å². The van der Waals surface area contributed by atoms with Crippen LogP contribution in [0.5, 0.6) is 0 Å². The Bertz CT molecular complexity index is 1710. The quantitative estimate of drug-likeness (QED) is 0.240. The van der Waals surface area contributed by atoms with Gasteiger partial charge in [0.1, 0.15) is 18.0 Å². The van der Waals surface area contributed by atoms with Gasteiger partial charge in [0, 0.05) is 34.9 Å². The molecule has 1 aliphatic rings. The van der Waals surface area contributed by atoms with Gasteiger partial charge in [0.25, 0.3) is 0 Å². The summed E-state index contributed by atoms with van der Waals surface area (Å²) in [5, 5.41) is 4.41. The fraction of sp³-hybridized carbons (Fsp3) is 0.226. The van der Waals surface area contributed by atoms with E-state index >= 15 is 0 Å². The molecule has 2 aromatic heterocycles. The largest absolute Gasteiger partial charge is 0.354 e. The van der Waals surface area contributed by atoms with Gasteiger partial charge in [0.05, 0.1) is 11.4 Å². The third kappa shape index (κ3) is 5.62. The number of carbonyl (C=O) groups excluding carboxylic acids is 1. The highest BCUT2D eigenvalue weighted by atomic mass is 35.5. The minimum absolute atomic E-state index is 0.0805. The molecule has 3 heterocycles. The average molecular weight is 590 g/mol. The Morgan fingerprint density at radius 1 is 0.976 bits per heavy atom. The lowest BCUT2D eigenvalue weighted by atomic mass is 9.89. The van der Waals surface area contributed by atoms with E-state index in [1.165, 1.54) is 12.1 Å². The minimum atomic E-state index is -0.370. The zero-order chi connectivity index (χ0) is 28.6. The lowest BCUT2D eigenvalue weighted by Gasteiger charge is -2.40. The molecule has 0 radical (unpaired) electrons. The van der Waals surface area contributed by atoms with Crippen molar-refractivity contribution in [2.24, 2.45) is 0 Å². The van der Waals surface area contributed by atoms with Crippen LogP contribution < -0.4 is 10.2 Å². The zero-order valence-electron chi connectivity index (χ0n) is 22.3. The monoisotopic (exact) mass is 588 g/mol. The first-order valence-corrected chi connectivity index (χ1v) is 14.1. The number of carbonyl (C=O) groups is 1. The smallest absolute Gasteiger partial charge is 0.224 e. The van der Waals surface area contributed by atoms with Crippen LogP contribution in [-0.4, -0.2) is 44.1 Å². The molecule has 0 saturated carbocycles. The molecule has 0 spiro atoms. The maximum absolute atomic E-state index is 13.2. The number of nitrogens with one attached hydrogen (secondary N) is 1. The van der Waals surface area contributed by atoms with Gasteiger partial charge in [-0.3, -0.25) is 9.36 Å². The first kappa shape index (κ1) is 27.2. The van der Waals surface area contributed by atoms with Crippen LogP contribution in [0.4, 0.5) is 10.2 Å². The van der Waals surface area contributed by atoms with Crippen molar-refractivity contribution in [2.75, 3.05) is 18.0 Å². The van der Waals surface area contributed by atoms with E-state index in [9.17, 15) is 9.18 Å². The Morgan fingerprint density at radius 2 is 1.68 bits per heavy atom. The van der Waals surface area contributed by atoms with Crippen LogP contribution in [0.1, 0.15) is 25.3 Å². The molecular formula is C31H27Cl2FN6O. The van der Waals surface area contributed by atoms with Gasteiger partial charge in [-0.15, -0.1) is 0 Å². The molecule has 208 valence electrons. The van der Waals surface area contributed by atoms with E-state index in [4.69, 9.17) is 28.2 Å². The summed E-state index contributed by atoms with van der Waals surface area (Å²) in [6, 6.07) is 21.1. The molecule has 0 atom stereocenters.